The molecule has 1 unspecified atom stereocenters. The average Bonchev–Trinajstić information content (AvgIpc) is 3.19. The van der Waals surface area contributed by atoms with Crippen LogP contribution in [0.5, 0.6) is 0 Å². The zero-order valence-corrected chi connectivity index (χ0v) is 12.0. The minimum absolute atomic E-state index is 0.167. The number of amides is 1. The van der Waals surface area contributed by atoms with Crippen molar-refractivity contribution in [3.8, 4) is 0 Å². The number of nitrogens with one attached hydrogen (secondary N) is 1. The summed E-state index contributed by atoms with van der Waals surface area (Å²) in [6.07, 6.45) is 2.80. The molecule has 1 aromatic heterocycles. The van der Waals surface area contributed by atoms with Gasteiger partial charge in [0.1, 0.15) is 0 Å². The van der Waals surface area contributed by atoms with E-state index in [1.807, 2.05) is 13.8 Å². The molecule has 5 nitrogen and oxygen atoms in total. The van der Waals surface area contributed by atoms with Crippen molar-refractivity contribution in [1.29, 1.82) is 0 Å². The summed E-state index contributed by atoms with van der Waals surface area (Å²) in [6, 6.07) is 1.55. The smallest absolute Gasteiger partial charge is 0.253 e. The van der Waals surface area contributed by atoms with E-state index in [4.69, 9.17) is 18.0 Å². The number of thiocarbonyl (C=S) groups is 1. The molecule has 0 aliphatic heterocycles. The highest BCUT2D eigenvalue weighted by atomic mass is 32.1. The number of carbonyl (C=O) groups is 1. The van der Waals surface area contributed by atoms with Crippen LogP contribution in [0.25, 0.3) is 0 Å². The molecule has 1 saturated carbocycles. The highest BCUT2D eigenvalue weighted by Crippen LogP contribution is 2.33. The highest BCUT2D eigenvalue weighted by Gasteiger charge is 2.34. The fourth-order valence-electron chi connectivity index (χ4n) is 2.04. The molecule has 19 heavy (non-hydrogen) atoms. The lowest BCUT2D eigenvalue weighted by Gasteiger charge is -2.17. The van der Waals surface area contributed by atoms with Gasteiger partial charge in [0.15, 0.2) is 0 Å². The molecule has 1 aliphatic rings. The van der Waals surface area contributed by atoms with Crippen molar-refractivity contribution < 1.29 is 4.79 Å². The fraction of sp³-hybridized carbons (Fsp3) is 0.538. The largest absolute Gasteiger partial charge is 0.392 e. The highest BCUT2D eigenvalue weighted by molar-refractivity contribution is 7.80. The molecule has 1 amide bonds. The molecule has 6 heteroatoms. The van der Waals surface area contributed by atoms with Crippen LogP contribution in [0.15, 0.2) is 6.07 Å². The number of nitrogens with zero attached hydrogens (tertiary/aromatic N) is 2. The van der Waals surface area contributed by atoms with Crippen LogP contribution >= 0.6 is 12.2 Å². The number of nitrogens with two attached hydrogens (primary N) is 1. The molecule has 0 radical (unpaired) electrons. The summed E-state index contributed by atoms with van der Waals surface area (Å²) in [5.41, 5.74) is 7.68. The maximum Gasteiger partial charge on any atom is 0.253 e. The summed E-state index contributed by atoms with van der Waals surface area (Å²) < 4.78 is 0. The second-order valence-electron chi connectivity index (χ2n) is 4.89. The van der Waals surface area contributed by atoms with Gasteiger partial charge in [0.05, 0.1) is 28.0 Å². The quantitative estimate of drug-likeness (QED) is 0.789. The topological polar surface area (TPSA) is 80.9 Å². The summed E-state index contributed by atoms with van der Waals surface area (Å²) in [5, 5.41) is 11.0. The van der Waals surface area contributed by atoms with E-state index in [0.717, 1.165) is 18.5 Å². The molecule has 1 aliphatic carbocycles. The van der Waals surface area contributed by atoms with Gasteiger partial charge in [-0.15, -0.1) is 0 Å². The lowest BCUT2D eigenvalue weighted by atomic mass is 10.1. The number of hydrogen-bond acceptors (Lipinski definition) is 4. The van der Waals surface area contributed by atoms with Gasteiger partial charge in [0.25, 0.3) is 5.91 Å². The van der Waals surface area contributed by atoms with Crippen LogP contribution in [0, 0.1) is 12.8 Å². The SMILES string of the molecule is CCc1nnc(C)cc1C(=O)NC(C(N)=S)C1CC1. The molecule has 1 heterocycles. The van der Waals surface area contributed by atoms with Gasteiger partial charge in [-0.05, 0) is 38.2 Å². The maximum atomic E-state index is 12.3. The van der Waals surface area contributed by atoms with Gasteiger partial charge in [-0.2, -0.15) is 10.2 Å². The monoisotopic (exact) mass is 278 g/mol. The third-order valence-corrected chi connectivity index (χ3v) is 3.51. The molecule has 1 aromatic rings. The third-order valence-electron chi connectivity index (χ3n) is 3.26. The molecule has 102 valence electrons. The summed E-state index contributed by atoms with van der Waals surface area (Å²) in [5.74, 6) is 0.224. The van der Waals surface area contributed by atoms with Crippen molar-refractivity contribution in [2.45, 2.75) is 39.2 Å². The Morgan fingerprint density at radius 3 is 2.79 bits per heavy atom. The lowest BCUT2D eigenvalue weighted by Crippen LogP contribution is -2.45. The minimum atomic E-state index is -0.208. The van der Waals surface area contributed by atoms with Crippen LogP contribution in [-0.2, 0) is 6.42 Å². The Balaban J connectivity index is 2.19. The van der Waals surface area contributed by atoms with Gasteiger partial charge in [0.2, 0.25) is 0 Å². The Kier molecular flexibility index (Phi) is 4.09. The van der Waals surface area contributed by atoms with Crippen LogP contribution in [0.4, 0.5) is 0 Å². The van der Waals surface area contributed by atoms with Gasteiger partial charge in [-0.3, -0.25) is 4.79 Å². The Labute approximate surface area is 118 Å². The molecule has 1 fully saturated rings. The molecule has 0 aromatic carbocycles. The first-order chi connectivity index (χ1) is 9.02. The molecule has 2 rings (SSSR count). The molecular weight excluding hydrogens is 260 g/mol. The van der Waals surface area contributed by atoms with E-state index in [9.17, 15) is 4.79 Å². The lowest BCUT2D eigenvalue weighted by molar-refractivity contribution is 0.0942. The Morgan fingerprint density at radius 2 is 2.26 bits per heavy atom. The fourth-order valence-corrected chi connectivity index (χ4v) is 2.29. The van der Waals surface area contributed by atoms with Crippen molar-refractivity contribution in [2.75, 3.05) is 0 Å². The van der Waals surface area contributed by atoms with E-state index in [-0.39, 0.29) is 11.9 Å². The average molecular weight is 278 g/mol. The first-order valence-electron chi connectivity index (χ1n) is 6.46. The van der Waals surface area contributed by atoms with Gasteiger partial charge in [-0.25, -0.2) is 0 Å². The number of carbonyl (C=O) groups excluding carboxylic acids is 1. The van der Waals surface area contributed by atoms with Crippen LogP contribution in [0.1, 0.15) is 41.5 Å². The van der Waals surface area contributed by atoms with E-state index >= 15 is 0 Å². The van der Waals surface area contributed by atoms with Crippen LogP contribution in [-0.4, -0.2) is 27.1 Å². The van der Waals surface area contributed by atoms with Crippen molar-refractivity contribution in [2.24, 2.45) is 11.7 Å². The summed E-state index contributed by atoms with van der Waals surface area (Å²) >= 11 is 5.02. The van der Waals surface area contributed by atoms with Crippen LogP contribution < -0.4 is 11.1 Å². The molecule has 0 saturated heterocycles. The third kappa shape index (κ3) is 3.26. The Bertz CT molecular complexity index is 513. The standard InChI is InChI=1S/C13H18N4OS/c1-3-10-9(6-7(2)16-17-10)13(18)15-11(12(14)19)8-4-5-8/h6,8,11H,3-5H2,1-2H3,(H2,14,19)(H,15,18). The maximum absolute atomic E-state index is 12.3. The number of hydrogen-bond donors (Lipinski definition) is 2. The summed E-state index contributed by atoms with van der Waals surface area (Å²) in [7, 11) is 0. The zero-order chi connectivity index (χ0) is 14.0. The van der Waals surface area contributed by atoms with E-state index in [1.54, 1.807) is 6.07 Å². The van der Waals surface area contributed by atoms with Gasteiger partial charge in [-0.1, -0.05) is 19.1 Å². The second kappa shape index (κ2) is 5.61. The van der Waals surface area contributed by atoms with Crippen molar-refractivity contribution in [3.05, 3.63) is 23.0 Å². The number of rotatable bonds is 5. The molecule has 3 N–H and O–H groups in total. The van der Waals surface area contributed by atoms with E-state index in [1.165, 1.54) is 0 Å². The van der Waals surface area contributed by atoms with E-state index in [0.29, 0.717) is 28.6 Å². The predicted molar refractivity (Wildman–Crippen MR) is 76.9 cm³/mol. The first kappa shape index (κ1) is 13.9. The first-order valence-corrected chi connectivity index (χ1v) is 6.87. The van der Waals surface area contributed by atoms with E-state index < -0.39 is 0 Å². The van der Waals surface area contributed by atoms with Crippen LogP contribution in [0.2, 0.25) is 0 Å². The Morgan fingerprint density at radius 1 is 1.58 bits per heavy atom. The van der Waals surface area contributed by atoms with Crippen molar-refractivity contribution >= 4 is 23.1 Å². The van der Waals surface area contributed by atoms with Crippen molar-refractivity contribution in [1.82, 2.24) is 15.5 Å². The summed E-state index contributed by atoms with van der Waals surface area (Å²) in [4.78, 5) is 12.7. The van der Waals surface area contributed by atoms with Crippen LogP contribution in [0.3, 0.4) is 0 Å². The van der Waals surface area contributed by atoms with Gasteiger partial charge < -0.3 is 11.1 Å². The second-order valence-corrected chi connectivity index (χ2v) is 5.36. The Hall–Kier alpha value is -1.56. The van der Waals surface area contributed by atoms with Gasteiger partial charge >= 0.3 is 0 Å². The molecule has 0 spiro atoms. The van der Waals surface area contributed by atoms with E-state index in [2.05, 4.69) is 15.5 Å². The normalized spacial score (nSPS) is 15.9. The zero-order valence-electron chi connectivity index (χ0n) is 11.1. The van der Waals surface area contributed by atoms with Crippen molar-refractivity contribution in [3.63, 3.8) is 0 Å². The predicted octanol–water partition coefficient (Wildman–Crippen LogP) is 1.14. The van der Waals surface area contributed by atoms with Gasteiger partial charge in [0, 0.05) is 0 Å². The molecule has 0 bridgehead atoms. The number of aromatic nitrogens is 2. The minimum Gasteiger partial charge on any atom is -0.392 e. The number of aryl methyl sites for hydroxylation is 2. The molecular formula is C13H18N4OS. The summed E-state index contributed by atoms with van der Waals surface area (Å²) in [6.45, 7) is 3.76. The molecule has 1 atom stereocenters.